The maximum absolute atomic E-state index is 12.3. The Morgan fingerprint density at radius 3 is 2.23 bits per heavy atom. The molecule has 0 amide bonds. The highest BCUT2D eigenvalue weighted by Gasteiger charge is 2.23. The minimum absolute atomic E-state index is 0.0316. The van der Waals surface area contributed by atoms with E-state index in [1.807, 2.05) is 54.6 Å². The molecule has 0 bridgehead atoms. The van der Waals surface area contributed by atoms with Gasteiger partial charge >= 0.3 is 5.97 Å². The number of para-hydroxylation sites is 1. The summed E-state index contributed by atoms with van der Waals surface area (Å²) in [4.78, 5) is 22.9. The number of nitrogens with zero attached hydrogens (tertiary/aromatic N) is 1. The van der Waals surface area contributed by atoms with E-state index in [1.54, 1.807) is 19.1 Å². The highest BCUT2D eigenvalue weighted by molar-refractivity contribution is 5.94. The van der Waals surface area contributed by atoms with Crippen molar-refractivity contribution in [3.8, 4) is 11.1 Å². The van der Waals surface area contributed by atoms with Gasteiger partial charge in [0.25, 0.3) is 5.69 Å². The SMILES string of the molecule is Cc1cccc(C(=O)OCc2ccc(-c3ccccc3)cc2)c1[N+](=O)[O-]. The number of hydrogen-bond donors (Lipinski definition) is 0. The minimum atomic E-state index is -0.701. The molecule has 0 aliphatic rings. The molecule has 0 fully saturated rings. The van der Waals surface area contributed by atoms with E-state index >= 15 is 0 Å². The minimum Gasteiger partial charge on any atom is -0.457 e. The van der Waals surface area contributed by atoms with Crippen molar-refractivity contribution < 1.29 is 14.5 Å². The van der Waals surface area contributed by atoms with E-state index in [-0.39, 0.29) is 17.9 Å². The smallest absolute Gasteiger partial charge is 0.345 e. The molecule has 3 rings (SSSR count). The van der Waals surface area contributed by atoms with Crippen molar-refractivity contribution in [2.45, 2.75) is 13.5 Å². The number of carbonyl (C=O) groups excluding carboxylic acids is 1. The monoisotopic (exact) mass is 347 g/mol. The first-order valence-corrected chi connectivity index (χ1v) is 8.12. The lowest BCUT2D eigenvalue weighted by Gasteiger charge is -2.08. The predicted octanol–water partition coefficient (Wildman–Crippen LogP) is 4.93. The predicted molar refractivity (Wildman–Crippen MR) is 98.8 cm³/mol. The van der Waals surface area contributed by atoms with Crippen molar-refractivity contribution in [2.75, 3.05) is 0 Å². The average Bonchev–Trinajstić information content (AvgIpc) is 2.66. The third kappa shape index (κ3) is 3.78. The lowest BCUT2D eigenvalue weighted by molar-refractivity contribution is -0.385. The van der Waals surface area contributed by atoms with Crippen LogP contribution in [0.3, 0.4) is 0 Å². The van der Waals surface area contributed by atoms with Crippen LogP contribution in [-0.2, 0) is 11.3 Å². The summed E-state index contributed by atoms with van der Waals surface area (Å²) in [6.45, 7) is 1.65. The Hall–Kier alpha value is -3.47. The molecule has 0 aromatic heterocycles. The molecule has 0 aliphatic carbocycles. The number of carbonyl (C=O) groups is 1. The summed E-state index contributed by atoms with van der Waals surface area (Å²) in [6.07, 6.45) is 0. The Morgan fingerprint density at radius 1 is 0.923 bits per heavy atom. The van der Waals surface area contributed by atoms with Gasteiger partial charge < -0.3 is 4.74 Å². The summed E-state index contributed by atoms with van der Waals surface area (Å²) in [5.74, 6) is -0.701. The van der Waals surface area contributed by atoms with Crippen LogP contribution in [0.4, 0.5) is 5.69 Å². The molecule has 0 radical (unpaired) electrons. The topological polar surface area (TPSA) is 69.4 Å². The normalized spacial score (nSPS) is 10.3. The lowest BCUT2D eigenvalue weighted by atomic mass is 10.0. The molecule has 5 heteroatoms. The van der Waals surface area contributed by atoms with E-state index in [0.29, 0.717) is 5.56 Å². The Balaban J connectivity index is 1.71. The van der Waals surface area contributed by atoms with Crippen molar-refractivity contribution in [2.24, 2.45) is 0 Å². The number of nitro groups is 1. The van der Waals surface area contributed by atoms with Gasteiger partial charge in [0, 0.05) is 5.56 Å². The van der Waals surface area contributed by atoms with Crippen LogP contribution in [0, 0.1) is 17.0 Å². The van der Waals surface area contributed by atoms with Crippen molar-refractivity contribution in [1.29, 1.82) is 0 Å². The molecule has 0 unspecified atom stereocenters. The van der Waals surface area contributed by atoms with Gasteiger partial charge in [-0.25, -0.2) is 4.79 Å². The summed E-state index contributed by atoms with van der Waals surface area (Å²) in [5.41, 5.74) is 3.17. The molecule has 26 heavy (non-hydrogen) atoms. The maximum atomic E-state index is 12.3. The van der Waals surface area contributed by atoms with Crippen LogP contribution in [0.15, 0.2) is 72.8 Å². The van der Waals surface area contributed by atoms with Crippen LogP contribution in [0.2, 0.25) is 0 Å². The van der Waals surface area contributed by atoms with Crippen LogP contribution in [0.5, 0.6) is 0 Å². The Kier molecular flexibility index (Phi) is 5.08. The molecular formula is C21H17NO4. The quantitative estimate of drug-likeness (QED) is 0.373. The molecular weight excluding hydrogens is 330 g/mol. The van der Waals surface area contributed by atoms with Crippen LogP contribution in [0.25, 0.3) is 11.1 Å². The third-order valence-corrected chi connectivity index (χ3v) is 4.07. The summed E-state index contributed by atoms with van der Waals surface area (Å²) in [6, 6.07) is 22.2. The summed E-state index contributed by atoms with van der Waals surface area (Å²) < 4.78 is 5.26. The summed E-state index contributed by atoms with van der Waals surface area (Å²) in [7, 11) is 0. The van der Waals surface area contributed by atoms with Gasteiger partial charge in [0.05, 0.1) is 4.92 Å². The van der Waals surface area contributed by atoms with E-state index in [2.05, 4.69) is 0 Å². The highest BCUT2D eigenvalue weighted by atomic mass is 16.6. The molecule has 0 aliphatic heterocycles. The van der Waals surface area contributed by atoms with Gasteiger partial charge in [-0.1, -0.05) is 66.7 Å². The van der Waals surface area contributed by atoms with Crippen LogP contribution in [-0.4, -0.2) is 10.9 Å². The van der Waals surface area contributed by atoms with Crippen LogP contribution < -0.4 is 0 Å². The fourth-order valence-corrected chi connectivity index (χ4v) is 2.72. The molecule has 130 valence electrons. The fraction of sp³-hybridized carbons (Fsp3) is 0.0952. The fourth-order valence-electron chi connectivity index (χ4n) is 2.72. The van der Waals surface area contributed by atoms with Crippen molar-refractivity contribution in [3.63, 3.8) is 0 Å². The molecule has 3 aromatic rings. The van der Waals surface area contributed by atoms with Crippen molar-refractivity contribution in [3.05, 3.63) is 99.6 Å². The zero-order valence-electron chi connectivity index (χ0n) is 14.2. The molecule has 0 spiro atoms. The highest BCUT2D eigenvalue weighted by Crippen LogP contribution is 2.24. The standard InChI is InChI=1S/C21H17NO4/c1-15-6-5-9-19(20(15)22(24)25)21(23)26-14-16-10-12-18(13-11-16)17-7-3-2-4-8-17/h2-13H,14H2,1H3. The first-order chi connectivity index (χ1) is 12.6. The van der Waals surface area contributed by atoms with E-state index < -0.39 is 10.9 Å². The number of benzene rings is 3. The zero-order valence-corrected chi connectivity index (χ0v) is 14.2. The van der Waals surface area contributed by atoms with Gasteiger partial charge in [-0.15, -0.1) is 0 Å². The number of rotatable bonds is 5. The second-order valence-electron chi connectivity index (χ2n) is 5.87. The Labute approximate surface area is 151 Å². The second kappa shape index (κ2) is 7.61. The van der Waals surface area contributed by atoms with E-state index in [0.717, 1.165) is 16.7 Å². The molecule has 0 heterocycles. The number of ether oxygens (including phenoxy) is 1. The van der Waals surface area contributed by atoms with Crippen LogP contribution in [0.1, 0.15) is 21.5 Å². The van der Waals surface area contributed by atoms with Gasteiger partial charge in [0.2, 0.25) is 0 Å². The zero-order chi connectivity index (χ0) is 18.5. The first kappa shape index (κ1) is 17.4. The van der Waals surface area contributed by atoms with Crippen molar-refractivity contribution in [1.82, 2.24) is 0 Å². The Morgan fingerprint density at radius 2 is 1.58 bits per heavy atom. The number of aryl methyl sites for hydroxylation is 1. The molecule has 3 aromatic carbocycles. The third-order valence-electron chi connectivity index (χ3n) is 4.07. The van der Waals surface area contributed by atoms with Gasteiger partial charge in [-0.3, -0.25) is 10.1 Å². The summed E-state index contributed by atoms with van der Waals surface area (Å²) in [5, 5.41) is 11.2. The van der Waals surface area contributed by atoms with Crippen LogP contribution >= 0.6 is 0 Å². The molecule has 5 nitrogen and oxygen atoms in total. The van der Waals surface area contributed by atoms with Gasteiger partial charge in [0.1, 0.15) is 12.2 Å². The summed E-state index contributed by atoms with van der Waals surface area (Å²) >= 11 is 0. The molecule has 0 saturated carbocycles. The van der Waals surface area contributed by atoms with E-state index in [9.17, 15) is 14.9 Å². The van der Waals surface area contributed by atoms with Gasteiger partial charge in [-0.05, 0) is 29.7 Å². The van der Waals surface area contributed by atoms with Crippen molar-refractivity contribution >= 4 is 11.7 Å². The van der Waals surface area contributed by atoms with E-state index in [1.165, 1.54) is 6.07 Å². The first-order valence-electron chi connectivity index (χ1n) is 8.12. The number of esters is 1. The van der Waals surface area contributed by atoms with Gasteiger partial charge in [-0.2, -0.15) is 0 Å². The number of nitro benzene ring substituents is 1. The maximum Gasteiger partial charge on any atom is 0.345 e. The average molecular weight is 347 g/mol. The largest absolute Gasteiger partial charge is 0.457 e. The lowest BCUT2D eigenvalue weighted by Crippen LogP contribution is -2.09. The van der Waals surface area contributed by atoms with E-state index in [4.69, 9.17) is 4.74 Å². The molecule has 0 atom stereocenters. The molecule has 0 saturated heterocycles. The Bertz CT molecular complexity index is 934. The second-order valence-corrected chi connectivity index (χ2v) is 5.87. The van der Waals surface area contributed by atoms with Gasteiger partial charge in [0.15, 0.2) is 0 Å². The molecule has 0 N–H and O–H groups in total. The number of hydrogen-bond acceptors (Lipinski definition) is 4.